The van der Waals surface area contributed by atoms with E-state index in [1.165, 1.54) is 9.79 Å². The van der Waals surface area contributed by atoms with Gasteiger partial charge in [-0.15, -0.1) is 0 Å². The molecule has 0 aromatic heterocycles. The highest BCUT2D eigenvalue weighted by molar-refractivity contribution is 7.99. The number of carbonyl (C=O) groups is 2. The maximum absolute atomic E-state index is 12.1. The van der Waals surface area contributed by atoms with Crippen molar-refractivity contribution in [1.82, 2.24) is 5.32 Å². The SMILES string of the molecule is CC(NC(=O)CCN1c2ccccc2Sc2ccccc21)C(N)=O. The van der Waals surface area contributed by atoms with E-state index >= 15 is 0 Å². The Kier molecular flexibility index (Phi) is 4.76. The minimum atomic E-state index is -0.658. The van der Waals surface area contributed by atoms with Gasteiger partial charge in [0.1, 0.15) is 6.04 Å². The molecule has 2 aromatic rings. The smallest absolute Gasteiger partial charge is 0.239 e. The van der Waals surface area contributed by atoms with E-state index in [1.54, 1.807) is 18.7 Å². The highest BCUT2D eigenvalue weighted by atomic mass is 32.2. The Morgan fingerprint density at radius 1 is 1.08 bits per heavy atom. The van der Waals surface area contributed by atoms with E-state index in [2.05, 4.69) is 34.5 Å². The van der Waals surface area contributed by atoms with Gasteiger partial charge in [-0.1, -0.05) is 36.0 Å². The number of carbonyl (C=O) groups excluding carboxylic acids is 2. The molecule has 24 heavy (non-hydrogen) atoms. The fourth-order valence-electron chi connectivity index (χ4n) is 2.62. The van der Waals surface area contributed by atoms with Crippen LogP contribution in [0.4, 0.5) is 11.4 Å². The van der Waals surface area contributed by atoms with Gasteiger partial charge in [-0.2, -0.15) is 0 Å². The largest absolute Gasteiger partial charge is 0.368 e. The monoisotopic (exact) mass is 341 g/mol. The van der Waals surface area contributed by atoms with E-state index in [1.807, 2.05) is 24.3 Å². The minimum absolute atomic E-state index is 0.186. The third kappa shape index (κ3) is 3.38. The summed E-state index contributed by atoms with van der Waals surface area (Å²) < 4.78 is 0. The van der Waals surface area contributed by atoms with Crippen LogP contribution in [-0.2, 0) is 9.59 Å². The van der Waals surface area contributed by atoms with Crippen LogP contribution in [0.1, 0.15) is 13.3 Å². The number of nitrogens with zero attached hydrogens (tertiary/aromatic N) is 1. The average molecular weight is 341 g/mol. The minimum Gasteiger partial charge on any atom is -0.368 e. The summed E-state index contributed by atoms with van der Waals surface area (Å²) in [5.41, 5.74) is 7.37. The van der Waals surface area contributed by atoms with Crippen LogP contribution < -0.4 is 16.0 Å². The summed E-state index contributed by atoms with van der Waals surface area (Å²) in [6, 6.07) is 15.6. The van der Waals surface area contributed by atoms with Crippen LogP contribution >= 0.6 is 11.8 Å². The van der Waals surface area contributed by atoms with Crippen molar-refractivity contribution in [2.75, 3.05) is 11.4 Å². The Morgan fingerprint density at radius 3 is 2.17 bits per heavy atom. The van der Waals surface area contributed by atoms with E-state index in [9.17, 15) is 9.59 Å². The number of fused-ring (bicyclic) bond motifs is 2. The molecule has 1 aliphatic heterocycles. The molecule has 0 radical (unpaired) electrons. The summed E-state index contributed by atoms with van der Waals surface area (Å²) in [4.78, 5) is 27.6. The summed E-state index contributed by atoms with van der Waals surface area (Å²) >= 11 is 1.73. The van der Waals surface area contributed by atoms with Gasteiger partial charge in [-0.05, 0) is 31.2 Å². The molecule has 0 saturated heterocycles. The van der Waals surface area contributed by atoms with Gasteiger partial charge in [-0.25, -0.2) is 0 Å². The van der Waals surface area contributed by atoms with E-state index in [0.717, 1.165) is 11.4 Å². The van der Waals surface area contributed by atoms with Crippen molar-refractivity contribution in [1.29, 1.82) is 0 Å². The molecule has 0 spiro atoms. The molecule has 124 valence electrons. The molecule has 0 aliphatic carbocycles. The molecule has 2 aromatic carbocycles. The lowest BCUT2D eigenvalue weighted by Gasteiger charge is -2.32. The van der Waals surface area contributed by atoms with Gasteiger partial charge >= 0.3 is 0 Å². The number of nitrogens with two attached hydrogens (primary N) is 1. The van der Waals surface area contributed by atoms with Gasteiger partial charge < -0.3 is 16.0 Å². The second kappa shape index (κ2) is 6.97. The first-order chi connectivity index (χ1) is 11.6. The van der Waals surface area contributed by atoms with Crippen molar-refractivity contribution in [3.8, 4) is 0 Å². The number of primary amides is 1. The molecular weight excluding hydrogens is 322 g/mol. The van der Waals surface area contributed by atoms with Crippen molar-refractivity contribution < 1.29 is 9.59 Å². The van der Waals surface area contributed by atoms with Crippen LogP contribution in [0.3, 0.4) is 0 Å². The van der Waals surface area contributed by atoms with Gasteiger partial charge in [0.05, 0.1) is 11.4 Å². The van der Waals surface area contributed by atoms with E-state index < -0.39 is 11.9 Å². The maximum Gasteiger partial charge on any atom is 0.239 e. The number of rotatable bonds is 5. The van der Waals surface area contributed by atoms with Crippen LogP contribution in [-0.4, -0.2) is 24.4 Å². The Hall–Kier alpha value is -2.47. The molecule has 0 bridgehead atoms. The number of hydrogen-bond donors (Lipinski definition) is 2. The number of nitrogens with one attached hydrogen (secondary N) is 1. The van der Waals surface area contributed by atoms with Crippen molar-refractivity contribution in [3.05, 3.63) is 48.5 Å². The highest BCUT2D eigenvalue weighted by Gasteiger charge is 2.23. The first-order valence-corrected chi connectivity index (χ1v) is 8.60. The lowest BCUT2D eigenvalue weighted by Crippen LogP contribution is -2.43. The highest BCUT2D eigenvalue weighted by Crippen LogP contribution is 2.47. The molecule has 3 N–H and O–H groups in total. The molecule has 0 fully saturated rings. The normalized spacial score (nSPS) is 13.6. The molecule has 6 heteroatoms. The number of amides is 2. The first kappa shape index (κ1) is 16.4. The van der Waals surface area contributed by atoms with Crippen LogP contribution in [0.25, 0.3) is 0 Å². The number of hydrogen-bond acceptors (Lipinski definition) is 4. The predicted molar refractivity (Wildman–Crippen MR) is 95.4 cm³/mol. The zero-order valence-electron chi connectivity index (χ0n) is 13.4. The van der Waals surface area contributed by atoms with Crippen molar-refractivity contribution in [2.45, 2.75) is 29.2 Å². The summed E-state index contributed by atoms with van der Waals surface area (Å²) in [5, 5.41) is 2.62. The summed E-state index contributed by atoms with van der Waals surface area (Å²) in [7, 11) is 0. The fraction of sp³-hybridized carbons (Fsp3) is 0.222. The molecule has 2 amide bonds. The van der Waals surface area contributed by atoms with Gasteiger partial charge in [-0.3, -0.25) is 9.59 Å². The molecule has 1 unspecified atom stereocenters. The predicted octanol–water partition coefficient (Wildman–Crippen LogP) is 2.67. The van der Waals surface area contributed by atoms with Crippen molar-refractivity contribution >= 4 is 35.0 Å². The zero-order valence-corrected chi connectivity index (χ0v) is 14.2. The third-order valence-electron chi connectivity index (χ3n) is 3.90. The summed E-state index contributed by atoms with van der Waals surface area (Å²) in [6.45, 7) is 2.12. The second-order valence-corrected chi connectivity index (χ2v) is 6.71. The molecule has 0 saturated carbocycles. The Balaban J connectivity index is 1.78. The number of anilines is 2. The summed E-state index contributed by atoms with van der Waals surface area (Å²) in [6.07, 6.45) is 0.283. The maximum atomic E-state index is 12.1. The van der Waals surface area contributed by atoms with E-state index in [4.69, 9.17) is 5.73 Å². The first-order valence-electron chi connectivity index (χ1n) is 7.78. The van der Waals surface area contributed by atoms with Gasteiger partial charge in [0.15, 0.2) is 0 Å². The standard InChI is InChI=1S/C18H19N3O2S/c1-12(18(19)23)20-17(22)10-11-21-13-6-2-4-8-15(13)24-16-9-5-3-7-14(16)21/h2-9,12H,10-11H2,1H3,(H2,19,23)(H,20,22). The van der Waals surface area contributed by atoms with Crippen molar-refractivity contribution in [2.24, 2.45) is 5.73 Å². The van der Waals surface area contributed by atoms with Crippen LogP contribution in [0.15, 0.2) is 58.3 Å². The fourth-order valence-corrected chi connectivity index (χ4v) is 3.72. The average Bonchev–Trinajstić information content (AvgIpc) is 2.58. The lowest BCUT2D eigenvalue weighted by atomic mass is 10.2. The molecule has 5 nitrogen and oxygen atoms in total. The lowest BCUT2D eigenvalue weighted by molar-refractivity contribution is -0.126. The van der Waals surface area contributed by atoms with Gasteiger partial charge in [0, 0.05) is 22.8 Å². The Morgan fingerprint density at radius 2 is 1.62 bits per heavy atom. The summed E-state index contributed by atoms with van der Waals surface area (Å²) in [5.74, 6) is -0.720. The molecule has 1 aliphatic rings. The van der Waals surface area contributed by atoms with Gasteiger partial charge in [0.2, 0.25) is 11.8 Å². The van der Waals surface area contributed by atoms with Crippen molar-refractivity contribution in [3.63, 3.8) is 0 Å². The second-order valence-electron chi connectivity index (χ2n) is 5.63. The topological polar surface area (TPSA) is 75.4 Å². The van der Waals surface area contributed by atoms with Crippen LogP contribution in [0.5, 0.6) is 0 Å². The Labute approximate surface area is 145 Å². The molecular formula is C18H19N3O2S. The quantitative estimate of drug-likeness (QED) is 0.877. The Bertz CT molecular complexity index is 733. The number of para-hydroxylation sites is 2. The van der Waals surface area contributed by atoms with E-state index in [0.29, 0.717) is 6.54 Å². The molecule has 1 heterocycles. The van der Waals surface area contributed by atoms with Crippen LogP contribution in [0, 0.1) is 0 Å². The molecule has 1 atom stereocenters. The molecule has 3 rings (SSSR count). The van der Waals surface area contributed by atoms with E-state index in [-0.39, 0.29) is 12.3 Å². The van der Waals surface area contributed by atoms with Gasteiger partial charge in [0.25, 0.3) is 0 Å². The number of benzene rings is 2. The zero-order chi connectivity index (χ0) is 17.1. The third-order valence-corrected chi connectivity index (χ3v) is 5.03. The van der Waals surface area contributed by atoms with Crippen LogP contribution in [0.2, 0.25) is 0 Å².